The molecule has 4 nitrogen and oxygen atoms in total. The van der Waals surface area contributed by atoms with Gasteiger partial charge < -0.3 is 4.74 Å². The summed E-state index contributed by atoms with van der Waals surface area (Å²) in [5.41, 5.74) is 3.22. The van der Waals surface area contributed by atoms with E-state index in [1.165, 1.54) is 18.4 Å². The van der Waals surface area contributed by atoms with Crippen LogP contribution in [0.2, 0.25) is 0 Å². The average Bonchev–Trinajstić information content (AvgIpc) is 3.03. The van der Waals surface area contributed by atoms with Gasteiger partial charge >= 0.3 is 5.97 Å². The third kappa shape index (κ3) is 5.66. The fourth-order valence-corrected chi connectivity index (χ4v) is 2.93. The lowest BCUT2D eigenvalue weighted by Crippen LogP contribution is -2.16. The fraction of sp³-hybridized carbons (Fsp3) is 0.600. The summed E-state index contributed by atoms with van der Waals surface area (Å²) in [6.07, 6.45) is 5.74. The van der Waals surface area contributed by atoms with Gasteiger partial charge in [-0.2, -0.15) is 5.10 Å². The molecule has 4 heteroatoms. The molecule has 1 aliphatic rings. The molecule has 0 spiro atoms. The lowest BCUT2D eigenvalue weighted by atomic mass is 10.0. The molecule has 1 aromatic carbocycles. The fourth-order valence-electron chi connectivity index (χ4n) is 2.93. The van der Waals surface area contributed by atoms with Gasteiger partial charge in [-0.05, 0) is 37.0 Å². The molecule has 1 aliphatic heterocycles. The maximum atomic E-state index is 12.1. The van der Waals surface area contributed by atoms with Crippen molar-refractivity contribution in [3.63, 3.8) is 0 Å². The smallest absolute Gasteiger partial charge is 0.311 e. The molecule has 0 aliphatic carbocycles. The van der Waals surface area contributed by atoms with Crippen molar-refractivity contribution in [2.45, 2.75) is 59.3 Å². The zero-order valence-corrected chi connectivity index (χ0v) is 15.3. The van der Waals surface area contributed by atoms with E-state index in [0.717, 1.165) is 37.2 Å². The van der Waals surface area contributed by atoms with E-state index in [1.807, 2.05) is 11.1 Å². The Morgan fingerprint density at radius 2 is 2.21 bits per heavy atom. The van der Waals surface area contributed by atoms with Crippen LogP contribution in [0.25, 0.3) is 0 Å². The van der Waals surface area contributed by atoms with Gasteiger partial charge in [0.1, 0.15) is 0 Å². The SMILES string of the molecule is CCCCC(CC)COC(=O)CC1=NN(c2cccc(C)c2)CC1. The number of esters is 1. The van der Waals surface area contributed by atoms with Crippen LogP contribution in [0.3, 0.4) is 0 Å². The van der Waals surface area contributed by atoms with Crippen molar-refractivity contribution in [2.75, 3.05) is 18.2 Å². The van der Waals surface area contributed by atoms with Crippen LogP contribution in [0.15, 0.2) is 29.4 Å². The quantitative estimate of drug-likeness (QED) is 0.616. The molecular formula is C20H30N2O2. The van der Waals surface area contributed by atoms with Crippen molar-refractivity contribution in [1.29, 1.82) is 0 Å². The first-order valence-electron chi connectivity index (χ1n) is 9.18. The molecule has 0 N–H and O–H groups in total. The van der Waals surface area contributed by atoms with Crippen LogP contribution in [-0.2, 0) is 9.53 Å². The Morgan fingerprint density at radius 1 is 1.38 bits per heavy atom. The van der Waals surface area contributed by atoms with E-state index < -0.39 is 0 Å². The van der Waals surface area contributed by atoms with Gasteiger partial charge in [-0.1, -0.05) is 45.2 Å². The zero-order chi connectivity index (χ0) is 17.4. The van der Waals surface area contributed by atoms with E-state index >= 15 is 0 Å². The standard InChI is InChI=1S/C20H30N2O2/c1-4-6-9-17(5-2)15-24-20(23)14-18-11-12-22(21-18)19-10-7-8-16(3)13-19/h7-8,10,13,17H,4-6,9,11-12,14-15H2,1-3H3. The van der Waals surface area contributed by atoms with Gasteiger partial charge in [0.05, 0.1) is 24.4 Å². The summed E-state index contributed by atoms with van der Waals surface area (Å²) in [6.45, 7) is 7.81. The molecule has 1 aromatic rings. The molecule has 24 heavy (non-hydrogen) atoms. The van der Waals surface area contributed by atoms with E-state index in [0.29, 0.717) is 18.9 Å². The number of hydrazone groups is 1. The Morgan fingerprint density at radius 3 is 2.92 bits per heavy atom. The van der Waals surface area contributed by atoms with Gasteiger partial charge in [0.15, 0.2) is 0 Å². The molecule has 0 bridgehead atoms. The number of carbonyl (C=O) groups is 1. The summed E-state index contributed by atoms with van der Waals surface area (Å²) in [5, 5.41) is 6.56. The molecule has 1 heterocycles. The van der Waals surface area contributed by atoms with Crippen molar-refractivity contribution >= 4 is 17.4 Å². The van der Waals surface area contributed by atoms with Crippen LogP contribution in [0.4, 0.5) is 5.69 Å². The number of carbonyl (C=O) groups excluding carboxylic acids is 1. The minimum Gasteiger partial charge on any atom is -0.465 e. The number of hydrogen-bond donors (Lipinski definition) is 0. The summed E-state index contributed by atoms with van der Waals surface area (Å²) >= 11 is 0. The topological polar surface area (TPSA) is 41.9 Å². The van der Waals surface area contributed by atoms with Gasteiger partial charge in [0.25, 0.3) is 0 Å². The zero-order valence-electron chi connectivity index (χ0n) is 15.3. The lowest BCUT2D eigenvalue weighted by Gasteiger charge is -2.14. The normalized spacial score (nSPS) is 15.3. The second kappa shape index (κ2) is 9.45. The first kappa shape index (κ1) is 18.5. The third-order valence-corrected chi connectivity index (χ3v) is 4.55. The van der Waals surface area contributed by atoms with Crippen LogP contribution in [0.5, 0.6) is 0 Å². The Kier molecular flexibility index (Phi) is 7.29. The van der Waals surface area contributed by atoms with Crippen molar-refractivity contribution in [2.24, 2.45) is 11.0 Å². The van der Waals surface area contributed by atoms with Crippen LogP contribution in [-0.4, -0.2) is 24.8 Å². The first-order chi connectivity index (χ1) is 11.6. The lowest BCUT2D eigenvalue weighted by molar-refractivity contribution is -0.143. The summed E-state index contributed by atoms with van der Waals surface area (Å²) in [4.78, 5) is 12.1. The molecule has 2 rings (SSSR count). The number of hydrogen-bond acceptors (Lipinski definition) is 4. The van der Waals surface area contributed by atoms with Crippen LogP contribution in [0.1, 0.15) is 57.9 Å². The predicted octanol–water partition coefficient (Wildman–Crippen LogP) is 4.71. The van der Waals surface area contributed by atoms with Crippen LogP contribution in [0, 0.1) is 12.8 Å². The van der Waals surface area contributed by atoms with Gasteiger partial charge in [0, 0.05) is 13.0 Å². The molecule has 132 valence electrons. The number of ether oxygens (including phenoxy) is 1. The number of rotatable bonds is 9. The van der Waals surface area contributed by atoms with Gasteiger partial charge in [-0.3, -0.25) is 9.80 Å². The monoisotopic (exact) mass is 330 g/mol. The predicted molar refractivity (Wildman–Crippen MR) is 99.5 cm³/mol. The second-order valence-corrected chi connectivity index (χ2v) is 6.65. The largest absolute Gasteiger partial charge is 0.465 e. The highest BCUT2D eigenvalue weighted by Crippen LogP contribution is 2.21. The van der Waals surface area contributed by atoms with Crippen LogP contribution >= 0.6 is 0 Å². The molecule has 0 saturated heterocycles. The van der Waals surface area contributed by atoms with E-state index in [9.17, 15) is 4.79 Å². The highest BCUT2D eigenvalue weighted by Gasteiger charge is 2.19. The van der Waals surface area contributed by atoms with Crippen molar-refractivity contribution < 1.29 is 9.53 Å². The van der Waals surface area contributed by atoms with E-state index in [-0.39, 0.29) is 5.97 Å². The molecule has 0 radical (unpaired) electrons. The maximum Gasteiger partial charge on any atom is 0.311 e. The highest BCUT2D eigenvalue weighted by molar-refractivity contribution is 6.00. The molecule has 0 aromatic heterocycles. The number of anilines is 1. The number of aryl methyl sites for hydroxylation is 1. The van der Waals surface area contributed by atoms with Crippen LogP contribution < -0.4 is 5.01 Å². The molecular weight excluding hydrogens is 300 g/mol. The maximum absolute atomic E-state index is 12.1. The summed E-state index contributed by atoms with van der Waals surface area (Å²) < 4.78 is 5.48. The Hall–Kier alpha value is -1.84. The Bertz CT molecular complexity index is 569. The first-order valence-corrected chi connectivity index (χ1v) is 9.18. The Balaban J connectivity index is 1.81. The van der Waals surface area contributed by atoms with Gasteiger partial charge in [-0.15, -0.1) is 0 Å². The molecule has 0 saturated carbocycles. The number of nitrogens with zero attached hydrogens (tertiary/aromatic N) is 2. The average molecular weight is 330 g/mol. The molecule has 0 amide bonds. The van der Waals surface area contributed by atoms with E-state index in [1.54, 1.807) is 0 Å². The van der Waals surface area contributed by atoms with E-state index in [4.69, 9.17) is 4.74 Å². The highest BCUT2D eigenvalue weighted by atomic mass is 16.5. The van der Waals surface area contributed by atoms with Gasteiger partial charge in [0.2, 0.25) is 0 Å². The van der Waals surface area contributed by atoms with Crippen molar-refractivity contribution in [3.8, 4) is 0 Å². The van der Waals surface area contributed by atoms with E-state index in [2.05, 4.69) is 44.1 Å². The van der Waals surface area contributed by atoms with Crippen molar-refractivity contribution in [3.05, 3.63) is 29.8 Å². The summed E-state index contributed by atoms with van der Waals surface area (Å²) in [5.74, 6) is 0.345. The third-order valence-electron chi connectivity index (χ3n) is 4.55. The second-order valence-electron chi connectivity index (χ2n) is 6.65. The molecule has 1 unspecified atom stereocenters. The molecule has 0 fully saturated rings. The minimum absolute atomic E-state index is 0.144. The Labute approximate surface area is 145 Å². The number of benzene rings is 1. The summed E-state index contributed by atoms with van der Waals surface area (Å²) in [6, 6.07) is 8.28. The summed E-state index contributed by atoms with van der Waals surface area (Å²) in [7, 11) is 0. The number of unbranched alkanes of at least 4 members (excludes halogenated alkanes) is 1. The van der Waals surface area contributed by atoms with Gasteiger partial charge in [-0.25, -0.2) is 0 Å². The molecule has 1 atom stereocenters. The minimum atomic E-state index is -0.144. The van der Waals surface area contributed by atoms with Crippen molar-refractivity contribution in [1.82, 2.24) is 0 Å².